The Morgan fingerprint density at radius 3 is 2.21 bits per heavy atom. The van der Waals surface area contributed by atoms with E-state index in [-0.39, 0.29) is 11.8 Å². The topological polar surface area (TPSA) is 26.3 Å². The second-order valence-corrected chi connectivity index (χ2v) is 4.31. The highest BCUT2D eigenvalue weighted by Crippen LogP contribution is 2.12. The zero-order valence-corrected chi connectivity index (χ0v) is 9.23. The molecule has 0 aromatic heterocycles. The van der Waals surface area contributed by atoms with Gasteiger partial charge >= 0.3 is 5.97 Å². The third-order valence-corrected chi connectivity index (χ3v) is 1.50. The minimum atomic E-state index is -0.430. The molecule has 0 saturated heterocycles. The van der Waals surface area contributed by atoms with Gasteiger partial charge in [0, 0.05) is 6.42 Å². The van der Waals surface area contributed by atoms with Crippen LogP contribution in [0.1, 0.15) is 46.5 Å². The average Bonchev–Trinajstić information content (AvgIpc) is 1.94. The summed E-state index contributed by atoms with van der Waals surface area (Å²) in [5, 5.41) is 0. The lowest BCUT2D eigenvalue weighted by Gasteiger charge is -2.19. The Balaban J connectivity index is 3.50. The van der Waals surface area contributed by atoms with E-state index in [0.717, 1.165) is 0 Å². The zero-order valence-electron chi connectivity index (χ0n) is 9.23. The quantitative estimate of drug-likeness (QED) is 0.504. The lowest BCUT2D eigenvalue weighted by molar-refractivity contribution is -0.154. The molecule has 0 N–H and O–H groups in total. The fourth-order valence-corrected chi connectivity index (χ4v) is 0.979. The summed E-state index contributed by atoms with van der Waals surface area (Å²) in [7, 11) is 0. The van der Waals surface area contributed by atoms with Crippen LogP contribution in [0.25, 0.3) is 0 Å². The summed E-state index contributed by atoms with van der Waals surface area (Å²) in [4.78, 5) is 11.2. The fourth-order valence-electron chi connectivity index (χ4n) is 0.979. The number of ether oxygens (including phenoxy) is 1. The largest absolute Gasteiger partial charge is 0.460 e. The molecule has 0 unspecified atom stereocenters. The summed E-state index contributed by atoms with van der Waals surface area (Å²) in [6.07, 6.45) is 1.99. The summed E-state index contributed by atoms with van der Waals surface area (Å²) >= 11 is 0. The molecule has 14 heavy (non-hydrogen) atoms. The van der Waals surface area contributed by atoms with Crippen molar-refractivity contribution in [2.75, 3.05) is 0 Å². The lowest BCUT2D eigenvalue weighted by atomic mass is 10.1. The molecule has 0 heterocycles. The van der Waals surface area contributed by atoms with Gasteiger partial charge in [0.1, 0.15) is 5.60 Å². The molecule has 0 aliphatic rings. The van der Waals surface area contributed by atoms with Crippen LogP contribution in [-0.4, -0.2) is 11.6 Å². The van der Waals surface area contributed by atoms with Crippen molar-refractivity contribution in [3.05, 3.63) is 12.4 Å². The first kappa shape index (κ1) is 13.1. The van der Waals surface area contributed by atoms with Gasteiger partial charge in [-0.1, -0.05) is 6.58 Å². The van der Waals surface area contributed by atoms with E-state index in [1.807, 2.05) is 20.8 Å². The second-order valence-electron chi connectivity index (χ2n) is 4.31. The van der Waals surface area contributed by atoms with Gasteiger partial charge in [0.15, 0.2) is 0 Å². The molecule has 0 saturated carbocycles. The molecule has 0 aromatic rings. The molecule has 0 radical (unpaired) electrons. The Bertz CT molecular complexity index is 204. The Labute approximate surface area is 85.1 Å². The van der Waals surface area contributed by atoms with Crippen LogP contribution >= 0.6 is 0 Å². The third kappa shape index (κ3) is 9.23. The maximum absolute atomic E-state index is 12.2. The van der Waals surface area contributed by atoms with Crippen LogP contribution in [0.15, 0.2) is 12.4 Å². The normalized spacial score (nSPS) is 11.1. The number of carbonyl (C=O) groups is 1. The van der Waals surface area contributed by atoms with Crippen LogP contribution in [0, 0.1) is 0 Å². The molecule has 0 spiro atoms. The first-order chi connectivity index (χ1) is 6.31. The van der Waals surface area contributed by atoms with Crippen molar-refractivity contribution in [1.29, 1.82) is 0 Å². The first-order valence-corrected chi connectivity index (χ1v) is 4.86. The number of halogens is 1. The van der Waals surface area contributed by atoms with Crippen LogP contribution in [0.2, 0.25) is 0 Å². The van der Waals surface area contributed by atoms with E-state index in [1.54, 1.807) is 0 Å². The molecule has 0 atom stereocenters. The van der Waals surface area contributed by atoms with Gasteiger partial charge in [-0.05, 0) is 40.0 Å². The van der Waals surface area contributed by atoms with E-state index in [9.17, 15) is 9.18 Å². The van der Waals surface area contributed by atoms with Gasteiger partial charge in [-0.25, -0.2) is 4.39 Å². The van der Waals surface area contributed by atoms with Crippen molar-refractivity contribution < 1.29 is 13.9 Å². The van der Waals surface area contributed by atoms with E-state index < -0.39 is 5.60 Å². The minimum absolute atomic E-state index is 0.220. The second kappa shape index (κ2) is 5.78. The Morgan fingerprint density at radius 2 is 1.79 bits per heavy atom. The summed E-state index contributed by atoms with van der Waals surface area (Å²) in [5.74, 6) is -0.545. The minimum Gasteiger partial charge on any atom is -0.460 e. The number of allylic oxidation sites excluding steroid dienone is 1. The molecule has 0 fully saturated rings. The van der Waals surface area contributed by atoms with Crippen LogP contribution in [0.4, 0.5) is 4.39 Å². The maximum atomic E-state index is 12.2. The van der Waals surface area contributed by atoms with Crippen molar-refractivity contribution in [2.24, 2.45) is 0 Å². The van der Waals surface area contributed by atoms with Crippen molar-refractivity contribution in [3.63, 3.8) is 0 Å². The van der Waals surface area contributed by atoms with Crippen molar-refractivity contribution >= 4 is 5.97 Å². The van der Waals surface area contributed by atoms with Crippen molar-refractivity contribution in [3.8, 4) is 0 Å². The molecule has 0 amide bonds. The van der Waals surface area contributed by atoms with Crippen LogP contribution in [-0.2, 0) is 9.53 Å². The summed E-state index contributed by atoms with van der Waals surface area (Å²) < 4.78 is 17.3. The smallest absolute Gasteiger partial charge is 0.306 e. The van der Waals surface area contributed by atoms with Gasteiger partial charge in [-0.3, -0.25) is 4.79 Å². The predicted molar refractivity (Wildman–Crippen MR) is 54.6 cm³/mol. The van der Waals surface area contributed by atoms with E-state index in [4.69, 9.17) is 4.74 Å². The molecular formula is C11H19FO2. The first-order valence-electron chi connectivity index (χ1n) is 4.86. The SMILES string of the molecule is C=C(F)CCCCC(=O)OC(C)(C)C. The average molecular weight is 202 g/mol. The van der Waals surface area contributed by atoms with Crippen LogP contribution < -0.4 is 0 Å². The molecule has 0 rings (SSSR count). The summed E-state index contributed by atoms with van der Waals surface area (Å²) in [6, 6.07) is 0. The van der Waals surface area contributed by atoms with E-state index >= 15 is 0 Å². The molecular weight excluding hydrogens is 183 g/mol. The van der Waals surface area contributed by atoms with Crippen LogP contribution in [0.3, 0.4) is 0 Å². The van der Waals surface area contributed by atoms with Crippen molar-refractivity contribution in [1.82, 2.24) is 0 Å². The van der Waals surface area contributed by atoms with Gasteiger partial charge in [0.05, 0.1) is 5.83 Å². The van der Waals surface area contributed by atoms with Crippen molar-refractivity contribution in [2.45, 2.75) is 52.1 Å². The van der Waals surface area contributed by atoms with Gasteiger partial charge in [0.25, 0.3) is 0 Å². The van der Waals surface area contributed by atoms with Gasteiger partial charge in [0.2, 0.25) is 0 Å². The molecule has 0 aliphatic heterocycles. The molecule has 0 aromatic carbocycles. The molecule has 0 aliphatic carbocycles. The number of esters is 1. The Kier molecular flexibility index (Phi) is 5.43. The van der Waals surface area contributed by atoms with Gasteiger partial charge in [-0.15, -0.1) is 0 Å². The number of hydrogen-bond acceptors (Lipinski definition) is 2. The Hall–Kier alpha value is -0.860. The number of hydrogen-bond donors (Lipinski definition) is 0. The highest BCUT2D eigenvalue weighted by atomic mass is 19.1. The molecule has 2 nitrogen and oxygen atoms in total. The van der Waals surface area contributed by atoms with E-state index in [1.165, 1.54) is 0 Å². The number of rotatable bonds is 5. The molecule has 0 bridgehead atoms. The molecule has 3 heteroatoms. The van der Waals surface area contributed by atoms with Gasteiger partial charge < -0.3 is 4.74 Å². The number of carbonyl (C=O) groups excluding carboxylic acids is 1. The third-order valence-electron chi connectivity index (χ3n) is 1.50. The van der Waals surface area contributed by atoms with E-state index in [2.05, 4.69) is 6.58 Å². The van der Waals surface area contributed by atoms with Crippen LogP contribution in [0.5, 0.6) is 0 Å². The monoisotopic (exact) mass is 202 g/mol. The summed E-state index contributed by atoms with van der Waals surface area (Å²) in [6.45, 7) is 8.63. The predicted octanol–water partition coefficient (Wildman–Crippen LogP) is 3.37. The maximum Gasteiger partial charge on any atom is 0.306 e. The standard InChI is InChI=1S/C11H19FO2/c1-9(12)7-5-6-8-10(13)14-11(2,3)4/h1,5-8H2,2-4H3. The summed E-state index contributed by atoms with van der Waals surface area (Å²) in [5.41, 5.74) is -0.430. The number of unbranched alkanes of at least 4 members (excludes halogenated alkanes) is 1. The van der Waals surface area contributed by atoms with Gasteiger partial charge in [-0.2, -0.15) is 0 Å². The highest BCUT2D eigenvalue weighted by molar-refractivity contribution is 5.69. The fraction of sp³-hybridized carbons (Fsp3) is 0.727. The lowest BCUT2D eigenvalue weighted by Crippen LogP contribution is -2.23. The zero-order chi connectivity index (χ0) is 11.2. The highest BCUT2D eigenvalue weighted by Gasteiger charge is 2.15. The van der Waals surface area contributed by atoms with E-state index in [0.29, 0.717) is 25.7 Å². The Morgan fingerprint density at radius 1 is 1.29 bits per heavy atom. The molecule has 82 valence electrons.